The predicted molar refractivity (Wildman–Crippen MR) is 87.8 cm³/mol. The Kier molecular flexibility index (Phi) is 4.73. The van der Waals surface area contributed by atoms with Crippen molar-refractivity contribution < 1.29 is 4.79 Å². The van der Waals surface area contributed by atoms with Crippen molar-refractivity contribution in [2.75, 3.05) is 51.9 Å². The van der Waals surface area contributed by atoms with Crippen LogP contribution in [-0.4, -0.2) is 63.0 Å². The molecule has 1 aromatic rings. The number of nitrogens with zero attached hydrogens (tertiary/aromatic N) is 3. The van der Waals surface area contributed by atoms with Crippen LogP contribution < -0.4 is 10.6 Å². The molecule has 2 rings (SSSR count). The van der Waals surface area contributed by atoms with E-state index in [2.05, 4.69) is 23.9 Å². The number of likely N-dealkylation sites (tertiary alicyclic amines) is 1. The number of rotatable bonds is 3. The topological polar surface area (TPSA) is 52.8 Å². The van der Waals surface area contributed by atoms with Crippen molar-refractivity contribution in [1.29, 1.82) is 0 Å². The average Bonchev–Trinajstić information content (AvgIpc) is 2.45. The van der Waals surface area contributed by atoms with Crippen LogP contribution in [0.25, 0.3) is 0 Å². The molecule has 1 unspecified atom stereocenters. The molecule has 0 spiro atoms. The van der Waals surface area contributed by atoms with Crippen LogP contribution in [0, 0.1) is 0 Å². The lowest BCUT2D eigenvalue weighted by molar-refractivity contribution is 0.0828. The van der Waals surface area contributed by atoms with Crippen molar-refractivity contribution in [2.24, 2.45) is 0 Å². The van der Waals surface area contributed by atoms with Gasteiger partial charge in [-0.05, 0) is 44.6 Å². The first kappa shape index (κ1) is 15.6. The molecular formula is C16H26N4O. The Labute approximate surface area is 127 Å². The van der Waals surface area contributed by atoms with Gasteiger partial charge in [0.25, 0.3) is 5.91 Å². The number of hydrogen-bond donors (Lipinski definition) is 1. The third kappa shape index (κ3) is 3.47. The molecule has 0 bridgehead atoms. The van der Waals surface area contributed by atoms with Gasteiger partial charge in [0, 0.05) is 39.4 Å². The van der Waals surface area contributed by atoms with Crippen LogP contribution in [0.4, 0.5) is 11.4 Å². The van der Waals surface area contributed by atoms with Gasteiger partial charge in [-0.15, -0.1) is 0 Å². The summed E-state index contributed by atoms with van der Waals surface area (Å²) in [6.07, 6.45) is 2.33. The minimum Gasteiger partial charge on any atom is -0.399 e. The lowest BCUT2D eigenvalue weighted by Crippen LogP contribution is -2.45. The third-order valence-electron chi connectivity index (χ3n) is 4.19. The van der Waals surface area contributed by atoms with Crippen LogP contribution in [0.15, 0.2) is 18.2 Å². The number of carbonyl (C=O) groups excluding carboxylic acids is 1. The third-order valence-corrected chi connectivity index (χ3v) is 4.19. The molecule has 5 heteroatoms. The fourth-order valence-electron chi connectivity index (χ4n) is 2.91. The first-order chi connectivity index (χ1) is 9.90. The van der Waals surface area contributed by atoms with E-state index in [0.717, 1.165) is 25.2 Å². The van der Waals surface area contributed by atoms with Gasteiger partial charge in [-0.25, -0.2) is 0 Å². The number of hydrogen-bond acceptors (Lipinski definition) is 4. The fraction of sp³-hybridized carbons (Fsp3) is 0.562. The molecule has 0 saturated carbocycles. The normalized spacial score (nSPS) is 19.3. The minimum atomic E-state index is 0.0148. The Morgan fingerprint density at radius 2 is 2.05 bits per heavy atom. The summed E-state index contributed by atoms with van der Waals surface area (Å²) in [6, 6.07) is 5.95. The van der Waals surface area contributed by atoms with E-state index in [4.69, 9.17) is 5.73 Å². The first-order valence-electron chi connectivity index (χ1n) is 7.42. The second-order valence-corrected chi connectivity index (χ2v) is 6.15. The van der Waals surface area contributed by atoms with Crippen LogP contribution in [0.2, 0.25) is 0 Å². The number of carbonyl (C=O) groups is 1. The monoisotopic (exact) mass is 290 g/mol. The van der Waals surface area contributed by atoms with Crippen LogP contribution in [0.5, 0.6) is 0 Å². The van der Waals surface area contributed by atoms with E-state index in [1.54, 1.807) is 25.1 Å². The molecule has 1 aliphatic heterocycles. The molecule has 1 saturated heterocycles. The van der Waals surface area contributed by atoms with E-state index in [1.807, 2.05) is 12.1 Å². The van der Waals surface area contributed by atoms with E-state index in [0.29, 0.717) is 17.3 Å². The Morgan fingerprint density at radius 1 is 1.33 bits per heavy atom. The molecule has 1 aromatic carbocycles. The highest BCUT2D eigenvalue weighted by atomic mass is 16.2. The van der Waals surface area contributed by atoms with E-state index < -0.39 is 0 Å². The molecule has 0 aromatic heterocycles. The molecule has 116 valence electrons. The van der Waals surface area contributed by atoms with Gasteiger partial charge in [-0.2, -0.15) is 0 Å². The molecule has 1 amide bonds. The number of amides is 1. The summed E-state index contributed by atoms with van der Waals surface area (Å²) in [5.74, 6) is 0.0148. The quantitative estimate of drug-likeness (QED) is 0.857. The van der Waals surface area contributed by atoms with Crippen molar-refractivity contribution in [3.63, 3.8) is 0 Å². The highest BCUT2D eigenvalue weighted by Crippen LogP contribution is 2.27. The van der Waals surface area contributed by atoms with Gasteiger partial charge in [0.15, 0.2) is 0 Å². The number of likely N-dealkylation sites (N-methyl/N-ethyl adjacent to an activating group) is 2. The molecule has 21 heavy (non-hydrogen) atoms. The molecular weight excluding hydrogens is 264 g/mol. The van der Waals surface area contributed by atoms with Crippen LogP contribution >= 0.6 is 0 Å². The summed E-state index contributed by atoms with van der Waals surface area (Å²) < 4.78 is 0. The molecule has 1 atom stereocenters. The number of nitrogens with two attached hydrogens (primary N) is 1. The lowest BCUT2D eigenvalue weighted by atomic mass is 10.0. The molecule has 2 N–H and O–H groups in total. The van der Waals surface area contributed by atoms with E-state index in [-0.39, 0.29) is 5.91 Å². The molecule has 0 radical (unpaired) electrons. The van der Waals surface area contributed by atoms with Crippen LogP contribution in [-0.2, 0) is 0 Å². The van der Waals surface area contributed by atoms with Crippen molar-refractivity contribution in [3.05, 3.63) is 23.8 Å². The maximum Gasteiger partial charge on any atom is 0.255 e. The highest BCUT2D eigenvalue weighted by molar-refractivity contribution is 6.00. The van der Waals surface area contributed by atoms with Crippen LogP contribution in [0.3, 0.4) is 0 Å². The van der Waals surface area contributed by atoms with Gasteiger partial charge >= 0.3 is 0 Å². The van der Waals surface area contributed by atoms with Crippen LogP contribution in [0.1, 0.15) is 23.2 Å². The second kappa shape index (κ2) is 6.35. The maximum absolute atomic E-state index is 12.4. The van der Waals surface area contributed by atoms with Crippen molar-refractivity contribution >= 4 is 17.3 Å². The lowest BCUT2D eigenvalue weighted by Gasteiger charge is -2.38. The maximum atomic E-state index is 12.4. The summed E-state index contributed by atoms with van der Waals surface area (Å²) in [7, 11) is 7.75. The predicted octanol–water partition coefficient (Wildman–Crippen LogP) is 1.50. The highest BCUT2D eigenvalue weighted by Gasteiger charge is 2.25. The number of nitrogen functional groups attached to an aromatic ring is 1. The molecule has 1 heterocycles. The van der Waals surface area contributed by atoms with E-state index in [9.17, 15) is 4.79 Å². The minimum absolute atomic E-state index is 0.0148. The average molecular weight is 290 g/mol. The van der Waals surface area contributed by atoms with Gasteiger partial charge in [0.1, 0.15) is 0 Å². The van der Waals surface area contributed by atoms with E-state index >= 15 is 0 Å². The van der Waals surface area contributed by atoms with Gasteiger partial charge in [-0.1, -0.05) is 0 Å². The van der Waals surface area contributed by atoms with Gasteiger partial charge in [0.2, 0.25) is 0 Å². The second-order valence-electron chi connectivity index (χ2n) is 6.15. The number of benzene rings is 1. The summed E-state index contributed by atoms with van der Waals surface area (Å²) in [5.41, 5.74) is 8.27. The Hall–Kier alpha value is -1.75. The van der Waals surface area contributed by atoms with E-state index in [1.165, 1.54) is 6.42 Å². The Bertz CT molecular complexity index is 515. The molecule has 1 aliphatic rings. The molecule has 5 nitrogen and oxygen atoms in total. The van der Waals surface area contributed by atoms with Gasteiger partial charge < -0.3 is 20.4 Å². The zero-order valence-corrected chi connectivity index (χ0v) is 13.5. The van der Waals surface area contributed by atoms with Gasteiger partial charge in [0.05, 0.1) is 11.3 Å². The molecule has 0 aliphatic carbocycles. The number of anilines is 2. The van der Waals surface area contributed by atoms with Gasteiger partial charge in [-0.3, -0.25) is 4.79 Å². The van der Waals surface area contributed by atoms with Crippen molar-refractivity contribution in [1.82, 2.24) is 9.80 Å². The zero-order chi connectivity index (χ0) is 15.6. The molecule has 1 fully saturated rings. The summed E-state index contributed by atoms with van der Waals surface area (Å²) in [6.45, 7) is 2.16. The van der Waals surface area contributed by atoms with Crippen molar-refractivity contribution in [3.8, 4) is 0 Å². The Balaban J connectivity index is 2.32. The zero-order valence-electron chi connectivity index (χ0n) is 13.5. The van der Waals surface area contributed by atoms with Crippen molar-refractivity contribution in [2.45, 2.75) is 18.9 Å². The summed E-state index contributed by atoms with van der Waals surface area (Å²) in [4.78, 5) is 18.5. The summed E-state index contributed by atoms with van der Waals surface area (Å²) in [5, 5.41) is 0. The summed E-state index contributed by atoms with van der Waals surface area (Å²) >= 11 is 0. The smallest absolute Gasteiger partial charge is 0.255 e. The SMILES string of the molecule is CN1CCCC(N(C)c2cc(N)ccc2C(=O)N(C)C)C1. The Morgan fingerprint density at radius 3 is 2.67 bits per heavy atom. The standard InChI is InChI=1S/C16H26N4O/c1-18(2)16(21)14-8-7-12(17)10-15(14)20(4)13-6-5-9-19(3)11-13/h7-8,10,13H,5-6,9,11,17H2,1-4H3. The largest absolute Gasteiger partial charge is 0.399 e. The fourth-order valence-corrected chi connectivity index (χ4v) is 2.91. The first-order valence-corrected chi connectivity index (χ1v) is 7.42. The number of piperidine rings is 1.